The fraction of sp³-hybridized carbons (Fsp3) is 0.478. The molecule has 164 valence electrons. The van der Waals surface area contributed by atoms with Crippen LogP contribution in [0.1, 0.15) is 45.5 Å². The number of benzene rings is 1. The number of anilines is 1. The van der Waals surface area contributed by atoms with E-state index in [-0.39, 0.29) is 30.3 Å². The standard InChI is InChI=1S/C23H28N4O4/c1-5-14(28)10-31-12-18(29)26-22-20-21-19-15(8-7-9-16(19)24-22)23(3,4)13-27(21)17(25-20)11-30-6-2/h7-9H,5-6,10-13H2,1-4H3,(H,24,26,29). The summed E-state index contributed by atoms with van der Waals surface area (Å²) in [5, 5.41) is 3.89. The van der Waals surface area contributed by atoms with Crippen molar-refractivity contribution in [2.24, 2.45) is 0 Å². The summed E-state index contributed by atoms with van der Waals surface area (Å²) in [6.07, 6.45) is 0.382. The van der Waals surface area contributed by atoms with Crippen molar-refractivity contribution in [1.82, 2.24) is 14.5 Å². The Morgan fingerprint density at radius 2 is 1.97 bits per heavy atom. The number of hydrogen-bond acceptors (Lipinski definition) is 6. The van der Waals surface area contributed by atoms with E-state index in [1.165, 1.54) is 5.56 Å². The molecule has 1 amide bonds. The lowest BCUT2D eigenvalue weighted by Crippen LogP contribution is -2.29. The van der Waals surface area contributed by atoms with Crippen LogP contribution in [0.4, 0.5) is 5.82 Å². The normalized spacial score (nSPS) is 14.5. The molecule has 0 aliphatic carbocycles. The maximum absolute atomic E-state index is 12.5. The second-order valence-corrected chi connectivity index (χ2v) is 8.43. The van der Waals surface area contributed by atoms with Crippen LogP contribution in [0, 0.1) is 0 Å². The molecule has 8 nitrogen and oxygen atoms in total. The number of hydrogen-bond donors (Lipinski definition) is 1. The van der Waals surface area contributed by atoms with Crippen LogP contribution < -0.4 is 5.32 Å². The minimum Gasteiger partial charge on any atom is -0.374 e. The van der Waals surface area contributed by atoms with Crippen LogP contribution >= 0.6 is 0 Å². The van der Waals surface area contributed by atoms with Gasteiger partial charge in [-0.05, 0) is 18.6 Å². The van der Waals surface area contributed by atoms with Gasteiger partial charge in [0.25, 0.3) is 5.91 Å². The Kier molecular flexibility index (Phi) is 5.77. The molecular weight excluding hydrogens is 396 g/mol. The molecule has 1 N–H and O–H groups in total. The van der Waals surface area contributed by atoms with Crippen molar-refractivity contribution < 1.29 is 19.1 Å². The van der Waals surface area contributed by atoms with Gasteiger partial charge in [0, 0.05) is 30.4 Å². The molecule has 3 heterocycles. The maximum atomic E-state index is 12.5. The van der Waals surface area contributed by atoms with Crippen molar-refractivity contribution in [2.45, 2.75) is 52.7 Å². The Bertz CT molecular complexity index is 1170. The smallest absolute Gasteiger partial charge is 0.251 e. The number of pyridine rings is 1. The highest BCUT2D eigenvalue weighted by Crippen LogP contribution is 2.42. The molecule has 2 aromatic heterocycles. The Morgan fingerprint density at radius 3 is 2.71 bits per heavy atom. The highest BCUT2D eigenvalue weighted by Gasteiger charge is 2.33. The summed E-state index contributed by atoms with van der Waals surface area (Å²) in [6.45, 7) is 9.59. The zero-order valence-electron chi connectivity index (χ0n) is 18.4. The fourth-order valence-corrected chi connectivity index (χ4v) is 4.11. The number of ketones is 1. The second kappa shape index (κ2) is 8.36. The van der Waals surface area contributed by atoms with Gasteiger partial charge in [0.05, 0.1) is 11.0 Å². The van der Waals surface area contributed by atoms with Crippen LogP contribution in [0.2, 0.25) is 0 Å². The van der Waals surface area contributed by atoms with E-state index < -0.39 is 0 Å². The third-order valence-corrected chi connectivity index (χ3v) is 5.65. The number of carbonyl (C=O) groups is 2. The quantitative estimate of drug-likeness (QED) is 0.566. The predicted molar refractivity (Wildman–Crippen MR) is 118 cm³/mol. The summed E-state index contributed by atoms with van der Waals surface area (Å²) in [6, 6.07) is 6.08. The van der Waals surface area contributed by atoms with Crippen molar-refractivity contribution in [3.05, 3.63) is 29.6 Å². The van der Waals surface area contributed by atoms with Crippen LogP contribution in [-0.2, 0) is 37.6 Å². The molecule has 4 rings (SSSR count). The van der Waals surface area contributed by atoms with Crippen LogP contribution in [0.5, 0.6) is 0 Å². The molecule has 1 aliphatic rings. The van der Waals surface area contributed by atoms with E-state index in [1.54, 1.807) is 6.92 Å². The number of nitrogens with one attached hydrogen (secondary N) is 1. The molecular formula is C23H28N4O4. The van der Waals surface area contributed by atoms with E-state index in [0.29, 0.717) is 31.0 Å². The number of carbonyl (C=O) groups excluding carboxylic acids is 2. The van der Waals surface area contributed by atoms with Crippen molar-refractivity contribution in [3.63, 3.8) is 0 Å². The number of nitrogens with zero attached hydrogens (tertiary/aromatic N) is 3. The Labute approximate surface area is 180 Å². The van der Waals surface area contributed by atoms with Gasteiger partial charge in [-0.3, -0.25) is 9.59 Å². The third kappa shape index (κ3) is 3.93. The van der Waals surface area contributed by atoms with E-state index in [0.717, 1.165) is 28.8 Å². The molecule has 0 saturated heterocycles. The molecule has 1 aliphatic heterocycles. The average molecular weight is 425 g/mol. The van der Waals surface area contributed by atoms with E-state index in [9.17, 15) is 9.59 Å². The van der Waals surface area contributed by atoms with Gasteiger partial charge in [-0.25, -0.2) is 9.97 Å². The van der Waals surface area contributed by atoms with Gasteiger partial charge in [-0.2, -0.15) is 0 Å². The molecule has 31 heavy (non-hydrogen) atoms. The zero-order chi connectivity index (χ0) is 22.2. The Morgan fingerprint density at radius 1 is 1.16 bits per heavy atom. The third-order valence-electron chi connectivity index (χ3n) is 5.65. The fourth-order valence-electron chi connectivity index (χ4n) is 4.11. The Hall–Kier alpha value is -2.84. The zero-order valence-corrected chi connectivity index (χ0v) is 18.4. The van der Waals surface area contributed by atoms with Crippen molar-refractivity contribution in [2.75, 3.05) is 25.1 Å². The molecule has 0 saturated carbocycles. The largest absolute Gasteiger partial charge is 0.374 e. The molecule has 1 aromatic carbocycles. The summed E-state index contributed by atoms with van der Waals surface area (Å²) in [4.78, 5) is 33.4. The molecule has 0 spiro atoms. The lowest BCUT2D eigenvalue weighted by atomic mass is 9.80. The highest BCUT2D eigenvalue weighted by molar-refractivity contribution is 6.11. The van der Waals surface area contributed by atoms with Crippen LogP contribution in [0.3, 0.4) is 0 Å². The number of aromatic nitrogens is 3. The molecule has 0 fully saturated rings. The molecule has 0 bridgehead atoms. The maximum Gasteiger partial charge on any atom is 0.251 e. The second-order valence-electron chi connectivity index (χ2n) is 8.43. The molecule has 8 heteroatoms. The SMILES string of the molecule is CCOCc1nc2c(NC(=O)COCC(=O)CC)nc3cccc4c3c2n1CC4(C)C. The van der Waals surface area contributed by atoms with Gasteiger partial charge < -0.3 is 19.4 Å². The highest BCUT2D eigenvalue weighted by atomic mass is 16.5. The lowest BCUT2D eigenvalue weighted by Gasteiger charge is -2.32. The first-order valence-electron chi connectivity index (χ1n) is 10.6. The minimum atomic E-state index is -0.369. The van der Waals surface area contributed by atoms with Crippen LogP contribution in [-0.4, -0.2) is 46.0 Å². The minimum absolute atomic E-state index is 0.0457. The summed E-state index contributed by atoms with van der Waals surface area (Å²) in [5.74, 6) is 0.794. The lowest BCUT2D eigenvalue weighted by molar-refractivity contribution is -0.127. The summed E-state index contributed by atoms with van der Waals surface area (Å²) < 4.78 is 13.1. The van der Waals surface area contributed by atoms with Gasteiger partial charge in [0.2, 0.25) is 0 Å². The molecule has 0 unspecified atom stereocenters. The van der Waals surface area contributed by atoms with Gasteiger partial charge in [0.15, 0.2) is 11.6 Å². The molecule has 0 radical (unpaired) electrons. The van der Waals surface area contributed by atoms with Gasteiger partial charge >= 0.3 is 0 Å². The summed E-state index contributed by atoms with van der Waals surface area (Å²) in [7, 11) is 0. The first kappa shape index (κ1) is 21.4. The molecule has 0 atom stereocenters. The number of ether oxygens (including phenoxy) is 2. The van der Waals surface area contributed by atoms with Crippen molar-refractivity contribution >= 4 is 39.4 Å². The van der Waals surface area contributed by atoms with Crippen LogP contribution in [0.25, 0.3) is 21.9 Å². The number of amides is 1. The summed E-state index contributed by atoms with van der Waals surface area (Å²) in [5.41, 5.74) is 3.54. The van der Waals surface area contributed by atoms with Gasteiger partial charge in [-0.15, -0.1) is 0 Å². The van der Waals surface area contributed by atoms with Crippen molar-refractivity contribution in [3.8, 4) is 0 Å². The summed E-state index contributed by atoms with van der Waals surface area (Å²) >= 11 is 0. The van der Waals surface area contributed by atoms with Crippen molar-refractivity contribution in [1.29, 1.82) is 0 Å². The molecule has 3 aromatic rings. The van der Waals surface area contributed by atoms with E-state index in [1.807, 2.05) is 19.1 Å². The van der Waals surface area contributed by atoms with Gasteiger partial charge in [-0.1, -0.05) is 32.9 Å². The average Bonchev–Trinajstić information content (AvgIpc) is 3.09. The van der Waals surface area contributed by atoms with E-state index in [2.05, 4.69) is 29.8 Å². The predicted octanol–water partition coefficient (Wildman–Crippen LogP) is 3.35. The first-order chi connectivity index (χ1) is 14.9. The number of imidazole rings is 1. The monoisotopic (exact) mass is 424 g/mol. The van der Waals surface area contributed by atoms with Gasteiger partial charge in [0.1, 0.15) is 31.2 Å². The Balaban J connectivity index is 1.77. The first-order valence-corrected chi connectivity index (χ1v) is 10.6. The van der Waals surface area contributed by atoms with E-state index in [4.69, 9.17) is 19.4 Å². The topological polar surface area (TPSA) is 95.3 Å². The number of rotatable bonds is 9. The number of Topliss-reactive ketones (excluding diaryl/α,β-unsaturated/α-hetero) is 1. The van der Waals surface area contributed by atoms with E-state index >= 15 is 0 Å². The van der Waals surface area contributed by atoms with Crippen LogP contribution in [0.15, 0.2) is 18.2 Å².